The number of nitrogens with one attached hydrogen (secondary N) is 2. The van der Waals surface area contributed by atoms with Crippen molar-refractivity contribution >= 4 is 15.8 Å². The summed E-state index contributed by atoms with van der Waals surface area (Å²) in [5, 5.41) is 3.11. The second kappa shape index (κ2) is 8.12. The third-order valence-electron chi connectivity index (χ3n) is 2.68. The van der Waals surface area contributed by atoms with Crippen molar-refractivity contribution < 1.29 is 8.42 Å². The standard InChI is InChI=1S/C13H23N3O2S/c1-3-5-6-10-16-19(17,18)12-7-8-13(15-11-12)14-9-4-2/h7-8,11,16H,3-6,9-10H2,1-2H3,(H,14,15). The van der Waals surface area contributed by atoms with Crippen LogP contribution in [0.3, 0.4) is 0 Å². The van der Waals surface area contributed by atoms with E-state index in [2.05, 4.69) is 28.9 Å². The van der Waals surface area contributed by atoms with Gasteiger partial charge in [-0.2, -0.15) is 0 Å². The Morgan fingerprint density at radius 3 is 2.47 bits per heavy atom. The lowest BCUT2D eigenvalue weighted by Gasteiger charge is -2.07. The van der Waals surface area contributed by atoms with Gasteiger partial charge in [0.05, 0.1) is 0 Å². The highest BCUT2D eigenvalue weighted by molar-refractivity contribution is 7.89. The minimum absolute atomic E-state index is 0.214. The van der Waals surface area contributed by atoms with Gasteiger partial charge in [-0.15, -0.1) is 0 Å². The molecule has 0 spiro atoms. The first kappa shape index (κ1) is 15.9. The number of pyridine rings is 1. The summed E-state index contributed by atoms with van der Waals surface area (Å²) in [6.07, 6.45) is 5.35. The maximum Gasteiger partial charge on any atom is 0.242 e. The topological polar surface area (TPSA) is 71.1 Å². The van der Waals surface area contributed by atoms with Crippen LogP contribution in [0, 0.1) is 0 Å². The van der Waals surface area contributed by atoms with Gasteiger partial charge in [0.15, 0.2) is 0 Å². The SMILES string of the molecule is CCCCCNS(=O)(=O)c1ccc(NCCC)nc1. The Bertz CT molecular complexity index is 457. The molecule has 1 rings (SSSR count). The molecule has 1 aromatic rings. The van der Waals surface area contributed by atoms with Gasteiger partial charge in [-0.1, -0.05) is 26.7 Å². The number of sulfonamides is 1. The van der Waals surface area contributed by atoms with Crippen LogP contribution in [-0.2, 0) is 10.0 Å². The Kier molecular flexibility index (Phi) is 6.80. The third-order valence-corrected chi connectivity index (χ3v) is 4.12. The van der Waals surface area contributed by atoms with Crippen LogP contribution in [0.15, 0.2) is 23.2 Å². The summed E-state index contributed by atoms with van der Waals surface area (Å²) in [5.41, 5.74) is 0. The monoisotopic (exact) mass is 285 g/mol. The van der Waals surface area contributed by atoms with E-state index in [0.29, 0.717) is 12.4 Å². The molecule has 0 saturated heterocycles. The molecule has 0 radical (unpaired) electrons. The van der Waals surface area contributed by atoms with Crippen molar-refractivity contribution in [1.82, 2.24) is 9.71 Å². The van der Waals surface area contributed by atoms with E-state index < -0.39 is 10.0 Å². The summed E-state index contributed by atoms with van der Waals surface area (Å²) in [7, 11) is -3.42. The van der Waals surface area contributed by atoms with Crippen LogP contribution in [0.4, 0.5) is 5.82 Å². The fourth-order valence-corrected chi connectivity index (χ4v) is 2.58. The van der Waals surface area contributed by atoms with Crippen molar-refractivity contribution in [2.24, 2.45) is 0 Å². The number of aromatic nitrogens is 1. The molecule has 0 atom stereocenters. The molecule has 6 heteroatoms. The van der Waals surface area contributed by atoms with Crippen molar-refractivity contribution in [3.63, 3.8) is 0 Å². The predicted octanol–water partition coefficient (Wildman–Crippen LogP) is 2.37. The zero-order chi connectivity index (χ0) is 14.1. The molecule has 19 heavy (non-hydrogen) atoms. The molecule has 0 aliphatic rings. The van der Waals surface area contributed by atoms with E-state index in [1.165, 1.54) is 6.20 Å². The van der Waals surface area contributed by atoms with Gasteiger partial charge >= 0.3 is 0 Å². The zero-order valence-corrected chi connectivity index (χ0v) is 12.5. The smallest absolute Gasteiger partial charge is 0.242 e. The average molecular weight is 285 g/mol. The Morgan fingerprint density at radius 1 is 1.11 bits per heavy atom. The summed E-state index contributed by atoms with van der Waals surface area (Å²) in [4.78, 5) is 4.31. The largest absolute Gasteiger partial charge is 0.370 e. The molecular formula is C13H23N3O2S. The normalized spacial score (nSPS) is 11.5. The summed E-state index contributed by atoms with van der Waals surface area (Å²) in [6, 6.07) is 3.27. The molecule has 0 saturated carbocycles. The van der Waals surface area contributed by atoms with E-state index in [9.17, 15) is 8.42 Å². The summed E-state index contributed by atoms with van der Waals surface area (Å²) < 4.78 is 26.5. The van der Waals surface area contributed by atoms with Gasteiger partial charge in [0, 0.05) is 19.3 Å². The van der Waals surface area contributed by atoms with Gasteiger partial charge in [-0.3, -0.25) is 0 Å². The third kappa shape index (κ3) is 5.57. The van der Waals surface area contributed by atoms with Crippen molar-refractivity contribution in [2.75, 3.05) is 18.4 Å². The van der Waals surface area contributed by atoms with Crippen molar-refractivity contribution in [3.8, 4) is 0 Å². The minimum Gasteiger partial charge on any atom is -0.370 e. The minimum atomic E-state index is -3.42. The van der Waals surface area contributed by atoms with Crippen LogP contribution in [0.5, 0.6) is 0 Å². The number of hydrogen-bond acceptors (Lipinski definition) is 4. The number of anilines is 1. The molecular weight excluding hydrogens is 262 g/mol. The van der Waals surface area contributed by atoms with Crippen LogP contribution in [0.1, 0.15) is 39.5 Å². The van der Waals surface area contributed by atoms with Crippen LogP contribution < -0.4 is 10.0 Å². The molecule has 2 N–H and O–H groups in total. The summed E-state index contributed by atoms with van der Waals surface area (Å²) in [6.45, 7) is 5.45. The van der Waals surface area contributed by atoms with Gasteiger partial charge in [0.2, 0.25) is 10.0 Å². The lowest BCUT2D eigenvalue weighted by atomic mass is 10.3. The highest BCUT2D eigenvalue weighted by atomic mass is 32.2. The van der Waals surface area contributed by atoms with Crippen LogP contribution in [0.25, 0.3) is 0 Å². The summed E-state index contributed by atoms with van der Waals surface area (Å²) in [5.74, 6) is 0.701. The molecule has 0 bridgehead atoms. The van der Waals surface area contributed by atoms with Crippen LogP contribution in [-0.4, -0.2) is 26.5 Å². The first-order valence-electron chi connectivity index (χ1n) is 6.79. The van der Waals surface area contributed by atoms with Crippen molar-refractivity contribution in [2.45, 2.75) is 44.4 Å². The Labute approximate surface area is 115 Å². The molecule has 1 aromatic heterocycles. The van der Waals surface area contributed by atoms with Gasteiger partial charge < -0.3 is 5.32 Å². The van der Waals surface area contributed by atoms with E-state index in [1.807, 2.05) is 0 Å². The fourth-order valence-electron chi connectivity index (χ4n) is 1.56. The number of nitrogens with zero attached hydrogens (tertiary/aromatic N) is 1. The quantitative estimate of drug-likeness (QED) is 0.683. The molecule has 0 amide bonds. The molecule has 0 aromatic carbocycles. The molecule has 0 fully saturated rings. The van der Waals surface area contributed by atoms with E-state index in [4.69, 9.17) is 0 Å². The van der Waals surface area contributed by atoms with Crippen molar-refractivity contribution in [1.29, 1.82) is 0 Å². The number of rotatable bonds is 9. The van der Waals surface area contributed by atoms with Gasteiger partial charge in [-0.25, -0.2) is 18.1 Å². The summed E-state index contributed by atoms with van der Waals surface area (Å²) >= 11 is 0. The number of hydrogen-bond donors (Lipinski definition) is 2. The molecule has 0 unspecified atom stereocenters. The van der Waals surface area contributed by atoms with E-state index in [1.54, 1.807) is 12.1 Å². The zero-order valence-electron chi connectivity index (χ0n) is 11.6. The van der Waals surface area contributed by atoms with E-state index >= 15 is 0 Å². The molecule has 0 aliphatic heterocycles. The molecule has 108 valence electrons. The lowest BCUT2D eigenvalue weighted by Crippen LogP contribution is -2.24. The second-order valence-electron chi connectivity index (χ2n) is 4.41. The molecule has 1 heterocycles. The van der Waals surface area contributed by atoms with Crippen molar-refractivity contribution in [3.05, 3.63) is 18.3 Å². The second-order valence-corrected chi connectivity index (χ2v) is 6.18. The first-order valence-corrected chi connectivity index (χ1v) is 8.28. The van der Waals surface area contributed by atoms with Gasteiger partial charge in [0.25, 0.3) is 0 Å². The average Bonchev–Trinajstić information content (AvgIpc) is 2.42. The van der Waals surface area contributed by atoms with Gasteiger partial charge in [0.1, 0.15) is 10.7 Å². The molecule has 5 nitrogen and oxygen atoms in total. The first-order chi connectivity index (χ1) is 9.10. The Morgan fingerprint density at radius 2 is 1.89 bits per heavy atom. The Balaban J connectivity index is 2.58. The van der Waals surface area contributed by atoms with Gasteiger partial charge in [-0.05, 0) is 25.0 Å². The van der Waals surface area contributed by atoms with E-state index in [0.717, 1.165) is 32.2 Å². The van der Waals surface area contributed by atoms with E-state index in [-0.39, 0.29) is 4.90 Å². The van der Waals surface area contributed by atoms with Crippen LogP contribution in [0.2, 0.25) is 0 Å². The highest BCUT2D eigenvalue weighted by Gasteiger charge is 2.13. The maximum absolute atomic E-state index is 11.9. The predicted molar refractivity (Wildman–Crippen MR) is 77.7 cm³/mol. The maximum atomic E-state index is 11.9. The Hall–Kier alpha value is -1.14. The van der Waals surface area contributed by atoms with Crippen LogP contribution >= 0.6 is 0 Å². The fraction of sp³-hybridized carbons (Fsp3) is 0.615. The molecule has 0 aliphatic carbocycles. The highest BCUT2D eigenvalue weighted by Crippen LogP contribution is 2.10. The number of unbranched alkanes of at least 4 members (excludes halogenated alkanes) is 2. The lowest BCUT2D eigenvalue weighted by molar-refractivity contribution is 0.575.